The van der Waals surface area contributed by atoms with Crippen LogP contribution in [0.2, 0.25) is 0 Å². The van der Waals surface area contributed by atoms with Crippen LogP contribution in [0.5, 0.6) is 0 Å². The predicted molar refractivity (Wildman–Crippen MR) is 93.9 cm³/mol. The number of nitrogens with zero attached hydrogens (tertiary/aromatic N) is 5. The maximum atomic E-state index is 12.3. The molecule has 2 aromatic heterocycles. The third-order valence-electron chi connectivity index (χ3n) is 3.83. The number of benzene rings is 1. The molecule has 7 nitrogen and oxygen atoms in total. The highest BCUT2D eigenvalue weighted by Gasteiger charge is 2.19. The lowest BCUT2D eigenvalue weighted by atomic mass is 10.1. The largest absolute Gasteiger partial charge is 0.288 e. The smallest absolute Gasteiger partial charge is 0.279 e. The molecule has 1 amide bonds. The molecule has 0 saturated carbocycles. The van der Waals surface area contributed by atoms with E-state index < -0.39 is 0 Å². The van der Waals surface area contributed by atoms with Crippen molar-refractivity contribution in [3.8, 4) is 0 Å². The lowest BCUT2D eigenvalue weighted by Gasteiger charge is -2.04. The molecule has 1 N–H and O–H groups in total. The Morgan fingerprint density at radius 1 is 1.25 bits per heavy atom. The standard InChI is InChI=1S/C16H17BrN6O/c1-10-6-4-5-7-12(10)8-23-9-18-16(21-23)19-15(24)14-13(17)11(2)22(3)20-14/h4-7,9H,8H2,1-3H3,(H,19,21,24). The molecule has 0 fully saturated rings. The van der Waals surface area contributed by atoms with Crippen molar-refractivity contribution < 1.29 is 4.79 Å². The van der Waals surface area contributed by atoms with Crippen LogP contribution in [0.25, 0.3) is 0 Å². The number of aromatic nitrogens is 5. The third-order valence-corrected chi connectivity index (χ3v) is 4.78. The predicted octanol–water partition coefficient (Wildman–Crippen LogP) is 2.69. The van der Waals surface area contributed by atoms with Gasteiger partial charge in [0.15, 0.2) is 5.69 Å². The van der Waals surface area contributed by atoms with Gasteiger partial charge in [-0.25, -0.2) is 9.67 Å². The first-order chi connectivity index (χ1) is 11.5. The van der Waals surface area contributed by atoms with Gasteiger partial charge in [0.05, 0.1) is 16.7 Å². The highest BCUT2D eigenvalue weighted by molar-refractivity contribution is 9.10. The molecular weight excluding hydrogens is 372 g/mol. The van der Waals surface area contributed by atoms with E-state index in [2.05, 4.69) is 49.4 Å². The van der Waals surface area contributed by atoms with Gasteiger partial charge in [-0.3, -0.25) is 14.8 Å². The number of amides is 1. The molecule has 0 spiro atoms. The fourth-order valence-electron chi connectivity index (χ4n) is 2.28. The Hall–Kier alpha value is -2.48. The number of carbonyl (C=O) groups is 1. The van der Waals surface area contributed by atoms with Gasteiger partial charge in [-0.05, 0) is 40.9 Å². The number of nitrogens with one attached hydrogen (secondary N) is 1. The second kappa shape index (κ2) is 6.56. The summed E-state index contributed by atoms with van der Waals surface area (Å²) in [6, 6.07) is 8.08. The minimum absolute atomic E-state index is 0.254. The summed E-state index contributed by atoms with van der Waals surface area (Å²) < 4.78 is 4.00. The number of carbonyl (C=O) groups excluding carboxylic acids is 1. The fourth-order valence-corrected chi connectivity index (χ4v) is 2.79. The summed E-state index contributed by atoms with van der Waals surface area (Å²) in [5.74, 6) is -0.0944. The second-order valence-electron chi connectivity index (χ2n) is 5.52. The van der Waals surface area contributed by atoms with Gasteiger partial charge in [0.2, 0.25) is 5.95 Å². The van der Waals surface area contributed by atoms with Crippen LogP contribution in [0.3, 0.4) is 0 Å². The van der Waals surface area contributed by atoms with Gasteiger partial charge in [0.25, 0.3) is 5.91 Å². The van der Waals surface area contributed by atoms with Crippen LogP contribution in [0, 0.1) is 13.8 Å². The summed E-state index contributed by atoms with van der Waals surface area (Å²) >= 11 is 3.38. The fraction of sp³-hybridized carbons (Fsp3) is 0.250. The highest BCUT2D eigenvalue weighted by atomic mass is 79.9. The number of aryl methyl sites for hydroxylation is 2. The summed E-state index contributed by atoms with van der Waals surface area (Å²) in [5, 5.41) is 11.2. The molecule has 0 aliphatic heterocycles. The molecule has 3 rings (SSSR count). The maximum Gasteiger partial charge on any atom is 0.279 e. The zero-order valence-corrected chi connectivity index (χ0v) is 15.2. The summed E-state index contributed by atoms with van der Waals surface area (Å²) in [6.45, 7) is 4.53. The summed E-state index contributed by atoms with van der Waals surface area (Å²) in [4.78, 5) is 16.5. The Kier molecular flexibility index (Phi) is 4.48. The molecule has 124 valence electrons. The number of hydrogen-bond donors (Lipinski definition) is 1. The van der Waals surface area contributed by atoms with Crippen LogP contribution >= 0.6 is 15.9 Å². The van der Waals surface area contributed by atoms with Crippen molar-refractivity contribution in [2.24, 2.45) is 7.05 Å². The van der Waals surface area contributed by atoms with Gasteiger partial charge in [-0.15, -0.1) is 5.10 Å². The Balaban J connectivity index is 1.73. The van der Waals surface area contributed by atoms with E-state index in [1.807, 2.05) is 25.1 Å². The van der Waals surface area contributed by atoms with E-state index in [-0.39, 0.29) is 11.9 Å². The monoisotopic (exact) mass is 388 g/mol. The molecule has 3 aromatic rings. The summed E-state index contributed by atoms with van der Waals surface area (Å²) in [5.41, 5.74) is 3.53. The maximum absolute atomic E-state index is 12.3. The summed E-state index contributed by atoms with van der Waals surface area (Å²) in [7, 11) is 1.78. The molecule has 0 unspecified atom stereocenters. The molecule has 0 saturated heterocycles. The van der Waals surface area contributed by atoms with Crippen molar-refractivity contribution in [2.45, 2.75) is 20.4 Å². The van der Waals surface area contributed by atoms with Crippen LogP contribution in [0.1, 0.15) is 27.3 Å². The van der Waals surface area contributed by atoms with Crippen LogP contribution in [0.15, 0.2) is 35.1 Å². The SMILES string of the molecule is Cc1ccccc1Cn1cnc(NC(=O)c2nn(C)c(C)c2Br)n1. The highest BCUT2D eigenvalue weighted by Crippen LogP contribution is 2.20. The topological polar surface area (TPSA) is 77.6 Å². The van der Waals surface area contributed by atoms with Crippen LogP contribution in [-0.2, 0) is 13.6 Å². The third kappa shape index (κ3) is 3.23. The van der Waals surface area contributed by atoms with Gasteiger partial charge in [-0.1, -0.05) is 24.3 Å². The zero-order valence-electron chi connectivity index (χ0n) is 13.6. The molecule has 0 aliphatic carbocycles. The molecule has 24 heavy (non-hydrogen) atoms. The normalized spacial score (nSPS) is 10.8. The molecule has 2 heterocycles. The Morgan fingerprint density at radius 3 is 2.67 bits per heavy atom. The average molecular weight is 389 g/mol. The second-order valence-corrected chi connectivity index (χ2v) is 6.31. The van der Waals surface area contributed by atoms with E-state index in [1.54, 1.807) is 22.7 Å². The van der Waals surface area contributed by atoms with Gasteiger partial charge in [0.1, 0.15) is 6.33 Å². The van der Waals surface area contributed by atoms with E-state index in [0.29, 0.717) is 16.7 Å². The lowest BCUT2D eigenvalue weighted by Crippen LogP contribution is -2.15. The number of halogens is 1. The van der Waals surface area contributed by atoms with Crippen molar-refractivity contribution in [2.75, 3.05) is 5.32 Å². The summed E-state index contributed by atoms with van der Waals surface area (Å²) in [6.07, 6.45) is 1.60. The van der Waals surface area contributed by atoms with E-state index >= 15 is 0 Å². The molecular formula is C16H17BrN6O. The minimum atomic E-state index is -0.348. The van der Waals surface area contributed by atoms with Gasteiger partial charge < -0.3 is 0 Å². The Morgan fingerprint density at radius 2 is 2.00 bits per heavy atom. The number of rotatable bonds is 4. The van der Waals surface area contributed by atoms with Crippen molar-refractivity contribution in [3.05, 3.63) is 57.6 Å². The molecule has 0 atom stereocenters. The Labute approximate surface area is 147 Å². The lowest BCUT2D eigenvalue weighted by molar-refractivity contribution is 0.102. The van der Waals surface area contributed by atoms with Gasteiger partial charge >= 0.3 is 0 Å². The molecule has 1 aromatic carbocycles. The van der Waals surface area contributed by atoms with Crippen molar-refractivity contribution in [3.63, 3.8) is 0 Å². The molecule has 0 bridgehead atoms. The molecule has 0 aliphatic rings. The van der Waals surface area contributed by atoms with E-state index in [1.165, 1.54) is 5.56 Å². The first-order valence-electron chi connectivity index (χ1n) is 7.40. The first-order valence-corrected chi connectivity index (χ1v) is 8.19. The van der Waals surface area contributed by atoms with Crippen LogP contribution in [-0.4, -0.2) is 30.5 Å². The molecule has 8 heteroatoms. The van der Waals surface area contributed by atoms with E-state index in [4.69, 9.17) is 0 Å². The first kappa shape index (κ1) is 16.4. The minimum Gasteiger partial charge on any atom is -0.288 e. The quantitative estimate of drug-likeness (QED) is 0.745. The van der Waals surface area contributed by atoms with Crippen LogP contribution in [0.4, 0.5) is 5.95 Å². The van der Waals surface area contributed by atoms with Crippen molar-refractivity contribution >= 4 is 27.8 Å². The van der Waals surface area contributed by atoms with Crippen molar-refractivity contribution in [1.82, 2.24) is 24.5 Å². The number of hydrogen-bond acceptors (Lipinski definition) is 4. The molecule has 0 radical (unpaired) electrons. The van der Waals surface area contributed by atoms with E-state index in [0.717, 1.165) is 11.3 Å². The zero-order chi connectivity index (χ0) is 17.3. The van der Waals surface area contributed by atoms with Gasteiger partial charge in [0, 0.05) is 7.05 Å². The average Bonchev–Trinajstić information content (AvgIpc) is 3.09. The van der Waals surface area contributed by atoms with E-state index in [9.17, 15) is 4.79 Å². The van der Waals surface area contributed by atoms with Crippen LogP contribution < -0.4 is 5.32 Å². The van der Waals surface area contributed by atoms with Gasteiger partial charge in [-0.2, -0.15) is 5.10 Å². The number of anilines is 1. The van der Waals surface area contributed by atoms with Crippen molar-refractivity contribution in [1.29, 1.82) is 0 Å². The Bertz CT molecular complexity index is 898.